The Kier molecular flexibility index (Phi) is 3.52. The van der Waals surface area contributed by atoms with E-state index in [0.717, 1.165) is 0 Å². The third-order valence-corrected chi connectivity index (χ3v) is 1.92. The lowest BCUT2D eigenvalue weighted by Crippen LogP contribution is -2.33. The molecule has 1 N–H and O–H groups in total. The van der Waals surface area contributed by atoms with Crippen LogP contribution in [0.25, 0.3) is 0 Å². The minimum absolute atomic E-state index is 0.565. The number of hydrogen-bond acceptors (Lipinski definition) is 5. The maximum atomic E-state index is 9.18. The summed E-state index contributed by atoms with van der Waals surface area (Å²) in [6, 6.07) is 0. The summed E-state index contributed by atoms with van der Waals surface area (Å²) in [4.78, 5) is 7.96. The van der Waals surface area contributed by atoms with Crippen LogP contribution in [0, 0.1) is 0 Å². The van der Waals surface area contributed by atoms with E-state index in [2.05, 4.69) is 14.6 Å². The van der Waals surface area contributed by atoms with E-state index >= 15 is 0 Å². The summed E-state index contributed by atoms with van der Waals surface area (Å²) < 4.78 is 4.68. The molecule has 12 heavy (non-hydrogen) atoms. The second-order valence-electron chi connectivity index (χ2n) is 2.09. The van der Waals surface area contributed by atoms with Gasteiger partial charge in [0.05, 0.1) is 0 Å². The molecule has 0 saturated carbocycles. The molecule has 0 amide bonds. The molecule has 0 saturated heterocycles. The van der Waals surface area contributed by atoms with E-state index in [1.807, 2.05) is 6.26 Å². The first-order valence-electron chi connectivity index (χ1n) is 3.34. The van der Waals surface area contributed by atoms with Gasteiger partial charge in [0.1, 0.15) is 0 Å². The van der Waals surface area contributed by atoms with Gasteiger partial charge in [-0.05, 0) is 6.26 Å². The zero-order valence-electron chi connectivity index (χ0n) is 6.89. The van der Waals surface area contributed by atoms with Crippen LogP contribution in [0.2, 0.25) is 0 Å². The molecule has 6 heteroatoms. The van der Waals surface area contributed by atoms with E-state index in [0.29, 0.717) is 10.6 Å². The molecule has 0 spiro atoms. The first-order chi connectivity index (χ1) is 5.77. The lowest BCUT2D eigenvalue weighted by Gasteiger charge is -2.02. The van der Waals surface area contributed by atoms with Gasteiger partial charge in [-0.15, -0.1) is 0 Å². The lowest BCUT2D eigenvalue weighted by atomic mass is 9.82. The molecule has 4 nitrogen and oxygen atoms in total. The van der Waals surface area contributed by atoms with E-state index in [-0.39, 0.29) is 0 Å². The predicted molar refractivity (Wildman–Crippen MR) is 48.4 cm³/mol. The lowest BCUT2D eigenvalue weighted by molar-refractivity contribution is 0.341. The Morgan fingerprint density at radius 3 is 2.50 bits per heavy atom. The second-order valence-corrected chi connectivity index (χ2v) is 2.86. The number of thioether (sulfide) groups is 1. The van der Waals surface area contributed by atoms with Crippen molar-refractivity contribution in [3.05, 3.63) is 12.4 Å². The normalized spacial score (nSPS) is 9.92. The van der Waals surface area contributed by atoms with Gasteiger partial charge in [0.15, 0.2) is 5.16 Å². The Bertz CT molecular complexity index is 244. The molecular formula is C6H9BN2O2S. The molecule has 0 radical (unpaired) electrons. The highest BCUT2D eigenvalue weighted by atomic mass is 32.2. The first kappa shape index (κ1) is 9.50. The molecule has 0 aromatic carbocycles. The smallest absolute Gasteiger partial charge is 0.423 e. The minimum atomic E-state index is -0.930. The van der Waals surface area contributed by atoms with Crippen molar-refractivity contribution in [2.45, 2.75) is 5.16 Å². The van der Waals surface area contributed by atoms with Gasteiger partial charge < -0.3 is 9.68 Å². The highest BCUT2D eigenvalue weighted by molar-refractivity contribution is 7.98. The Hall–Kier alpha value is -0.585. The number of rotatable bonds is 3. The molecule has 0 aliphatic rings. The van der Waals surface area contributed by atoms with Crippen LogP contribution in [-0.4, -0.2) is 35.5 Å². The SMILES string of the molecule is COB(O)c1cnc(SC)nc1. The van der Waals surface area contributed by atoms with Gasteiger partial charge in [-0.25, -0.2) is 9.97 Å². The van der Waals surface area contributed by atoms with Crippen molar-refractivity contribution < 1.29 is 9.68 Å². The summed E-state index contributed by atoms with van der Waals surface area (Å²) in [5.41, 5.74) is 0.565. The van der Waals surface area contributed by atoms with E-state index in [9.17, 15) is 5.02 Å². The highest BCUT2D eigenvalue weighted by Gasteiger charge is 2.14. The third-order valence-electron chi connectivity index (χ3n) is 1.34. The quantitative estimate of drug-likeness (QED) is 0.391. The highest BCUT2D eigenvalue weighted by Crippen LogP contribution is 2.03. The molecule has 1 aromatic rings. The van der Waals surface area contributed by atoms with Crippen molar-refractivity contribution in [2.24, 2.45) is 0 Å². The number of hydrogen-bond donors (Lipinski definition) is 1. The van der Waals surface area contributed by atoms with Gasteiger partial charge >= 0.3 is 7.12 Å². The van der Waals surface area contributed by atoms with Crippen molar-refractivity contribution in [2.75, 3.05) is 13.4 Å². The standard InChI is InChI=1S/C6H9BN2O2S/c1-11-7(10)5-3-8-6(12-2)9-4-5/h3-4,10H,1-2H3. The zero-order chi connectivity index (χ0) is 8.97. The maximum Gasteiger partial charge on any atom is 0.494 e. The van der Waals surface area contributed by atoms with Gasteiger partial charge in [0.2, 0.25) is 0 Å². The molecule has 0 aliphatic heterocycles. The molecule has 1 heterocycles. The van der Waals surface area contributed by atoms with Crippen LogP contribution in [0.15, 0.2) is 17.6 Å². The van der Waals surface area contributed by atoms with Gasteiger partial charge in [-0.2, -0.15) is 0 Å². The van der Waals surface area contributed by atoms with Crippen molar-refractivity contribution in [1.29, 1.82) is 0 Å². The Morgan fingerprint density at radius 1 is 1.50 bits per heavy atom. The Balaban J connectivity index is 2.77. The van der Waals surface area contributed by atoms with Crippen LogP contribution in [-0.2, 0) is 4.65 Å². The summed E-state index contributed by atoms with van der Waals surface area (Å²) in [6.07, 6.45) is 4.99. The fourth-order valence-electron chi connectivity index (χ4n) is 0.695. The van der Waals surface area contributed by atoms with Gasteiger partial charge in [-0.1, -0.05) is 11.8 Å². The topological polar surface area (TPSA) is 55.2 Å². The van der Waals surface area contributed by atoms with Crippen LogP contribution in [0.3, 0.4) is 0 Å². The maximum absolute atomic E-state index is 9.18. The molecule has 1 aromatic heterocycles. The van der Waals surface area contributed by atoms with E-state index < -0.39 is 7.12 Å². The summed E-state index contributed by atoms with van der Waals surface area (Å²) >= 11 is 1.45. The molecule has 1 rings (SSSR count). The number of aromatic nitrogens is 2. The fourth-order valence-corrected chi connectivity index (χ4v) is 1.01. The van der Waals surface area contributed by atoms with Crippen molar-refractivity contribution >= 4 is 24.3 Å². The summed E-state index contributed by atoms with van der Waals surface area (Å²) in [5.74, 6) is 0. The van der Waals surface area contributed by atoms with Gasteiger partial charge in [-0.3, -0.25) is 0 Å². The largest absolute Gasteiger partial charge is 0.494 e. The summed E-state index contributed by atoms with van der Waals surface area (Å²) in [6.45, 7) is 0. The van der Waals surface area contributed by atoms with Crippen molar-refractivity contribution in [3.8, 4) is 0 Å². The van der Waals surface area contributed by atoms with E-state index in [1.165, 1.54) is 18.9 Å². The van der Waals surface area contributed by atoms with Gasteiger partial charge in [0.25, 0.3) is 0 Å². The van der Waals surface area contributed by atoms with Crippen LogP contribution in [0.5, 0.6) is 0 Å². The fraction of sp³-hybridized carbons (Fsp3) is 0.333. The monoisotopic (exact) mass is 184 g/mol. The molecule has 0 bridgehead atoms. The summed E-state index contributed by atoms with van der Waals surface area (Å²) in [5, 5.41) is 9.87. The van der Waals surface area contributed by atoms with Crippen molar-refractivity contribution in [1.82, 2.24) is 9.97 Å². The number of nitrogens with zero attached hydrogens (tertiary/aromatic N) is 2. The summed E-state index contributed by atoms with van der Waals surface area (Å²) in [7, 11) is 0.494. The van der Waals surface area contributed by atoms with Gasteiger partial charge in [0, 0.05) is 25.0 Å². The second kappa shape index (κ2) is 4.44. The van der Waals surface area contributed by atoms with Crippen LogP contribution < -0.4 is 5.46 Å². The van der Waals surface area contributed by atoms with E-state index in [1.54, 1.807) is 12.4 Å². The van der Waals surface area contributed by atoms with Crippen LogP contribution in [0.1, 0.15) is 0 Å². The molecule has 0 fully saturated rings. The van der Waals surface area contributed by atoms with Crippen LogP contribution in [0.4, 0.5) is 0 Å². The molecule has 0 aliphatic carbocycles. The average molecular weight is 184 g/mol. The minimum Gasteiger partial charge on any atom is -0.423 e. The first-order valence-corrected chi connectivity index (χ1v) is 4.57. The van der Waals surface area contributed by atoms with Crippen molar-refractivity contribution in [3.63, 3.8) is 0 Å². The Morgan fingerprint density at radius 2 is 2.08 bits per heavy atom. The molecule has 0 unspecified atom stereocenters. The zero-order valence-corrected chi connectivity index (χ0v) is 7.71. The molecular weight excluding hydrogens is 175 g/mol. The van der Waals surface area contributed by atoms with Crippen LogP contribution >= 0.6 is 11.8 Å². The molecule has 0 atom stereocenters. The molecule has 64 valence electrons. The van der Waals surface area contributed by atoms with E-state index in [4.69, 9.17) is 0 Å². The third kappa shape index (κ3) is 2.20. The Labute approximate surface area is 75.5 Å². The average Bonchev–Trinajstić information content (AvgIpc) is 2.17. The predicted octanol–water partition coefficient (Wildman–Crippen LogP) is -0.468.